The number of rotatable bonds is 7. The zero-order valence-electron chi connectivity index (χ0n) is 18.3. The molecule has 1 aromatic heterocycles. The van der Waals surface area contributed by atoms with Crippen LogP contribution in [0, 0.1) is 0 Å². The molecule has 0 aliphatic carbocycles. The first kappa shape index (κ1) is 23.4. The lowest BCUT2D eigenvalue weighted by atomic mass is 10.2. The van der Waals surface area contributed by atoms with Crippen LogP contribution in [0.1, 0.15) is 10.4 Å². The molecule has 3 aromatic carbocycles. The molecule has 34 heavy (non-hydrogen) atoms. The summed E-state index contributed by atoms with van der Waals surface area (Å²) in [4.78, 5) is 26.0. The second-order valence-corrected chi connectivity index (χ2v) is 8.58. The van der Waals surface area contributed by atoms with E-state index in [1.165, 1.54) is 29.6 Å². The van der Waals surface area contributed by atoms with E-state index in [1.807, 2.05) is 12.1 Å². The molecule has 9 heteroatoms. The molecule has 4 rings (SSSR count). The van der Waals surface area contributed by atoms with Gasteiger partial charge in [0, 0.05) is 33.3 Å². The number of halogens is 1. The fourth-order valence-electron chi connectivity index (χ4n) is 3.13. The Bertz CT molecular complexity index is 1370. The number of carbonyl (C=O) groups is 1. The molecule has 1 N–H and O–H groups in total. The molecule has 1 amide bonds. The quantitative estimate of drug-likeness (QED) is 0.376. The number of benzene rings is 3. The summed E-state index contributed by atoms with van der Waals surface area (Å²) in [6.07, 6.45) is 0. The van der Waals surface area contributed by atoms with Crippen LogP contribution in [0.25, 0.3) is 5.69 Å². The number of nitrogens with zero attached hydrogens (tertiary/aromatic N) is 2. The fourth-order valence-corrected chi connectivity index (χ4v) is 4.03. The second kappa shape index (κ2) is 10.5. The third-order valence-corrected chi connectivity index (χ3v) is 6.01. The third-order valence-electron chi connectivity index (χ3n) is 4.83. The first-order valence-electron chi connectivity index (χ1n) is 10.1. The van der Waals surface area contributed by atoms with E-state index in [2.05, 4.69) is 10.4 Å². The van der Waals surface area contributed by atoms with Gasteiger partial charge in [-0.25, -0.2) is 0 Å². The average Bonchev–Trinajstić information content (AvgIpc) is 2.86. The van der Waals surface area contributed by atoms with E-state index >= 15 is 0 Å². The first-order chi connectivity index (χ1) is 16.5. The number of aromatic nitrogens is 2. The van der Waals surface area contributed by atoms with Crippen LogP contribution in [0.5, 0.6) is 11.5 Å². The number of anilines is 1. The highest BCUT2D eigenvalue weighted by molar-refractivity contribution is 7.99. The van der Waals surface area contributed by atoms with Crippen molar-refractivity contribution in [3.8, 4) is 17.2 Å². The molecule has 0 aliphatic heterocycles. The number of hydrogen-bond acceptors (Lipinski definition) is 6. The Morgan fingerprint density at radius 1 is 0.912 bits per heavy atom. The first-order valence-corrected chi connectivity index (χ1v) is 11.3. The van der Waals surface area contributed by atoms with Crippen molar-refractivity contribution in [3.05, 3.63) is 99.8 Å². The van der Waals surface area contributed by atoms with Gasteiger partial charge >= 0.3 is 0 Å². The highest BCUT2D eigenvalue weighted by Crippen LogP contribution is 2.30. The maximum absolute atomic E-state index is 12.7. The largest absolute Gasteiger partial charge is 0.493 e. The summed E-state index contributed by atoms with van der Waals surface area (Å²) < 4.78 is 11.8. The lowest BCUT2D eigenvalue weighted by molar-refractivity contribution is 0.102. The molecule has 0 saturated heterocycles. The molecular formula is C25H20ClN3O4S. The summed E-state index contributed by atoms with van der Waals surface area (Å²) in [6, 6.07) is 22.2. The van der Waals surface area contributed by atoms with Crippen molar-refractivity contribution in [1.29, 1.82) is 0 Å². The van der Waals surface area contributed by atoms with Crippen molar-refractivity contribution in [2.75, 3.05) is 19.5 Å². The number of nitrogens with one attached hydrogen (secondary N) is 1. The van der Waals surface area contributed by atoms with Crippen LogP contribution in [-0.2, 0) is 0 Å². The van der Waals surface area contributed by atoms with Gasteiger partial charge in [-0.05, 0) is 66.7 Å². The van der Waals surface area contributed by atoms with E-state index in [4.69, 9.17) is 21.1 Å². The Hall–Kier alpha value is -3.75. The maximum Gasteiger partial charge on any atom is 0.271 e. The van der Waals surface area contributed by atoms with Gasteiger partial charge in [-0.1, -0.05) is 23.4 Å². The molecule has 0 unspecified atom stereocenters. The van der Waals surface area contributed by atoms with Crippen LogP contribution < -0.4 is 20.3 Å². The summed E-state index contributed by atoms with van der Waals surface area (Å²) in [5.74, 6) is 0.780. The molecule has 0 bridgehead atoms. The zero-order valence-corrected chi connectivity index (χ0v) is 19.9. The molecule has 0 radical (unpaired) electrons. The van der Waals surface area contributed by atoms with Crippen LogP contribution in [0.3, 0.4) is 0 Å². The van der Waals surface area contributed by atoms with Crippen LogP contribution >= 0.6 is 23.4 Å². The van der Waals surface area contributed by atoms with Crippen LogP contribution in [0.4, 0.5) is 5.69 Å². The molecule has 0 atom stereocenters. The molecule has 1 heterocycles. The topological polar surface area (TPSA) is 82.5 Å². The molecule has 0 saturated carbocycles. The van der Waals surface area contributed by atoms with Gasteiger partial charge in [0.25, 0.3) is 11.5 Å². The number of hydrogen-bond donors (Lipinski definition) is 1. The fraction of sp³-hybridized carbons (Fsp3) is 0.0800. The van der Waals surface area contributed by atoms with Crippen molar-refractivity contribution in [3.63, 3.8) is 0 Å². The summed E-state index contributed by atoms with van der Waals surface area (Å²) >= 11 is 7.35. The minimum atomic E-state index is -0.300. The van der Waals surface area contributed by atoms with Crippen molar-refractivity contribution < 1.29 is 14.3 Å². The molecule has 0 fully saturated rings. The van der Waals surface area contributed by atoms with Gasteiger partial charge in [0.1, 0.15) is 5.03 Å². The van der Waals surface area contributed by atoms with Gasteiger partial charge < -0.3 is 14.8 Å². The second-order valence-electron chi connectivity index (χ2n) is 7.05. The smallest absolute Gasteiger partial charge is 0.271 e. The summed E-state index contributed by atoms with van der Waals surface area (Å²) in [7, 11) is 3.07. The van der Waals surface area contributed by atoms with Crippen molar-refractivity contribution in [2.24, 2.45) is 0 Å². The standard InChI is InChI=1S/C25H20ClN3O4S/c1-32-21-12-7-18(15-22(21)33-2)27-25(31)16-3-8-19(9-4-16)29-24(30)14-13-23(28-29)34-20-10-5-17(26)6-11-20/h3-15H,1-2H3,(H,27,31). The van der Waals surface area contributed by atoms with E-state index in [1.54, 1.807) is 67.8 Å². The van der Waals surface area contributed by atoms with Gasteiger partial charge in [0.15, 0.2) is 11.5 Å². The van der Waals surface area contributed by atoms with Gasteiger partial charge in [-0.2, -0.15) is 9.78 Å². The third kappa shape index (κ3) is 5.41. The van der Waals surface area contributed by atoms with E-state index in [0.29, 0.717) is 38.5 Å². The molecule has 7 nitrogen and oxygen atoms in total. The predicted octanol–water partition coefficient (Wildman–Crippen LogP) is 5.31. The SMILES string of the molecule is COc1ccc(NC(=O)c2ccc(-n3nc(Sc4ccc(Cl)cc4)ccc3=O)cc2)cc1OC. The zero-order chi connectivity index (χ0) is 24.1. The van der Waals surface area contributed by atoms with Crippen LogP contribution in [0.2, 0.25) is 5.02 Å². The molecule has 172 valence electrons. The number of methoxy groups -OCH3 is 2. The molecule has 4 aromatic rings. The molecular weight excluding hydrogens is 474 g/mol. The Balaban J connectivity index is 1.51. The predicted molar refractivity (Wildman–Crippen MR) is 133 cm³/mol. The van der Waals surface area contributed by atoms with E-state index in [0.717, 1.165) is 4.90 Å². The van der Waals surface area contributed by atoms with Crippen molar-refractivity contribution in [2.45, 2.75) is 9.92 Å². The highest BCUT2D eigenvalue weighted by Gasteiger charge is 2.11. The lowest BCUT2D eigenvalue weighted by Gasteiger charge is -2.11. The Morgan fingerprint density at radius 2 is 1.62 bits per heavy atom. The van der Waals surface area contributed by atoms with Gasteiger partial charge in [0.05, 0.1) is 19.9 Å². The number of amides is 1. The highest BCUT2D eigenvalue weighted by atomic mass is 35.5. The minimum Gasteiger partial charge on any atom is -0.493 e. The van der Waals surface area contributed by atoms with Gasteiger partial charge in [-0.3, -0.25) is 9.59 Å². The Labute approximate surface area is 205 Å². The van der Waals surface area contributed by atoms with E-state index in [9.17, 15) is 9.59 Å². The van der Waals surface area contributed by atoms with Gasteiger partial charge in [-0.15, -0.1) is 0 Å². The summed E-state index contributed by atoms with van der Waals surface area (Å²) in [5, 5.41) is 8.57. The van der Waals surface area contributed by atoms with Gasteiger partial charge in [0.2, 0.25) is 0 Å². The van der Waals surface area contributed by atoms with E-state index < -0.39 is 0 Å². The van der Waals surface area contributed by atoms with Crippen molar-refractivity contribution >= 4 is 35.0 Å². The lowest BCUT2D eigenvalue weighted by Crippen LogP contribution is -2.20. The summed E-state index contributed by atoms with van der Waals surface area (Å²) in [5.41, 5.74) is 1.27. The minimum absolute atomic E-state index is 0.275. The molecule has 0 spiro atoms. The maximum atomic E-state index is 12.7. The monoisotopic (exact) mass is 493 g/mol. The normalized spacial score (nSPS) is 10.6. The average molecular weight is 494 g/mol. The Morgan fingerprint density at radius 3 is 2.29 bits per heavy atom. The summed E-state index contributed by atoms with van der Waals surface area (Å²) in [6.45, 7) is 0. The van der Waals surface area contributed by atoms with Crippen molar-refractivity contribution in [1.82, 2.24) is 9.78 Å². The molecule has 0 aliphatic rings. The Kier molecular flexibility index (Phi) is 7.20. The van der Waals surface area contributed by atoms with Crippen LogP contribution in [-0.4, -0.2) is 29.9 Å². The number of ether oxygens (including phenoxy) is 2. The van der Waals surface area contributed by atoms with E-state index in [-0.39, 0.29) is 11.5 Å². The van der Waals surface area contributed by atoms with Crippen LogP contribution in [0.15, 0.2) is 93.6 Å². The number of carbonyl (C=O) groups excluding carboxylic acids is 1.